The monoisotopic (exact) mass is 355 g/mol. The molecular weight excluding hydrogens is 337 g/mol. The summed E-state index contributed by atoms with van der Waals surface area (Å²) in [5.74, 6) is -0.630. The third-order valence-corrected chi connectivity index (χ3v) is 4.95. The maximum Gasteiger partial charge on any atom is 0.328 e. The Morgan fingerprint density at radius 2 is 2.04 bits per heavy atom. The molecule has 0 spiro atoms. The van der Waals surface area contributed by atoms with Crippen LogP contribution in [0.4, 0.5) is 4.39 Å². The topological polar surface area (TPSA) is 101 Å². The van der Waals surface area contributed by atoms with E-state index in [1.165, 1.54) is 35.0 Å². The van der Waals surface area contributed by atoms with Gasteiger partial charge in [0, 0.05) is 24.8 Å². The molecule has 1 aromatic carbocycles. The molecule has 0 saturated heterocycles. The van der Waals surface area contributed by atoms with Crippen molar-refractivity contribution in [3.63, 3.8) is 0 Å². The van der Waals surface area contributed by atoms with E-state index in [0.717, 1.165) is 0 Å². The van der Waals surface area contributed by atoms with Gasteiger partial charge in [0.25, 0.3) is 5.56 Å². The van der Waals surface area contributed by atoms with Gasteiger partial charge in [0.05, 0.1) is 5.75 Å². The Hall–Kier alpha value is -2.26. The Morgan fingerprint density at radius 1 is 1.29 bits per heavy atom. The number of hydrogen-bond acceptors (Lipinski definition) is 4. The smallest absolute Gasteiger partial charge is 0.301 e. The van der Waals surface area contributed by atoms with Crippen molar-refractivity contribution in [2.24, 2.45) is 0 Å². The number of nitrogens with one attached hydrogen (secondary N) is 2. The highest BCUT2D eigenvalue weighted by Gasteiger charge is 2.16. The minimum atomic E-state index is -3.59. The highest BCUT2D eigenvalue weighted by molar-refractivity contribution is 7.89. The van der Waals surface area contributed by atoms with E-state index in [9.17, 15) is 22.4 Å². The molecule has 2 aromatic rings. The van der Waals surface area contributed by atoms with Crippen LogP contribution in [-0.4, -0.2) is 23.7 Å². The highest BCUT2D eigenvalue weighted by atomic mass is 32.2. The molecule has 7 nitrogen and oxygen atoms in total. The second kappa shape index (κ2) is 7.54. The minimum Gasteiger partial charge on any atom is -0.301 e. The summed E-state index contributed by atoms with van der Waals surface area (Å²) in [6.07, 6.45) is 1.51. The van der Waals surface area contributed by atoms with E-state index in [-0.39, 0.29) is 18.7 Å². The van der Waals surface area contributed by atoms with E-state index in [1.807, 2.05) is 0 Å². The van der Waals surface area contributed by atoms with Crippen LogP contribution in [0.2, 0.25) is 0 Å². The first-order chi connectivity index (χ1) is 11.3. The van der Waals surface area contributed by atoms with E-state index in [1.54, 1.807) is 13.0 Å². The van der Waals surface area contributed by atoms with Crippen molar-refractivity contribution >= 4 is 10.0 Å². The number of aromatic nitrogens is 2. The molecule has 0 aliphatic rings. The van der Waals surface area contributed by atoms with Gasteiger partial charge in [0.15, 0.2) is 0 Å². The van der Waals surface area contributed by atoms with Crippen LogP contribution in [0.5, 0.6) is 0 Å². The van der Waals surface area contributed by atoms with Gasteiger partial charge >= 0.3 is 5.69 Å². The summed E-state index contributed by atoms with van der Waals surface area (Å²) in [7, 11) is -3.59. The molecule has 24 heavy (non-hydrogen) atoms. The minimum absolute atomic E-state index is 0.158. The summed E-state index contributed by atoms with van der Waals surface area (Å²) in [5.41, 5.74) is -0.564. The van der Waals surface area contributed by atoms with Crippen LogP contribution in [0.15, 0.2) is 46.1 Å². The molecule has 0 saturated carbocycles. The molecule has 2 rings (SSSR count). The standard InChI is InChI=1S/C15H18FN3O4S/c1-11(12-4-2-5-13(16)10-12)18-24(22,23)9-3-7-19-8-6-14(20)17-15(19)21/h2,4-6,8,10-11,18H,3,7,9H2,1H3,(H,17,20,21). The first-order valence-electron chi connectivity index (χ1n) is 7.32. The maximum atomic E-state index is 13.2. The average Bonchev–Trinajstić information content (AvgIpc) is 2.49. The molecule has 0 fully saturated rings. The predicted molar refractivity (Wildman–Crippen MR) is 87.7 cm³/mol. The number of aryl methyl sites for hydroxylation is 1. The maximum absolute atomic E-state index is 13.2. The molecule has 0 aliphatic carbocycles. The lowest BCUT2D eigenvalue weighted by Crippen LogP contribution is -2.31. The van der Waals surface area contributed by atoms with Crippen LogP contribution in [0.3, 0.4) is 0 Å². The van der Waals surface area contributed by atoms with Crippen molar-refractivity contribution in [3.05, 3.63) is 68.7 Å². The lowest BCUT2D eigenvalue weighted by atomic mass is 10.1. The molecule has 0 aliphatic heterocycles. The molecule has 1 heterocycles. The van der Waals surface area contributed by atoms with Crippen molar-refractivity contribution in [1.29, 1.82) is 0 Å². The Bertz CT molecular complexity index is 921. The number of nitrogens with zero attached hydrogens (tertiary/aromatic N) is 1. The van der Waals surface area contributed by atoms with Crippen LogP contribution in [-0.2, 0) is 16.6 Å². The molecule has 2 N–H and O–H groups in total. The normalized spacial score (nSPS) is 12.9. The van der Waals surface area contributed by atoms with Crippen LogP contribution in [0.1, 0.15) is 24.9 Å². The van der Waals surface area contributed by atoms with Crippen LogP contribution in [0, 0.1) is 5.82 Å². The SMILES string of the molecule is CC(NS(=O)(=O)CCCn1ccc(=O)[nH]c1=O)c1cccc(F)c1. The van der Waals surface area contributed by atoms with E-state index in [4.69, 9.17) is 0 Å². The third-order valence-electron chi connectivity index (χ3n) is 3.41. The Labute approximate surface area is 138 Å². The number of halogens is 1. The second-order valence-electron chi connectivity index (χ2n) is 5.37. The molecule has 0 bridgehead atoms. The fourth-order valence-electron chi connectivity index (χ4n) is 2.22. The van der Waals surface area contributed by atoms with Crippen LogP contribution >= 0.6 is 0 Å². The summed E-state index contributed by atoms with van der Waals surface area (Å²) in [6, 6.07) is 6.33. The summed E-state index contributed by atoms with van der Waals surface area (Å²) < 4.78 is 41.0. The number of aromatic amines is 1. The number of H-pyrrole nitrogens is 1. The van der Waals surface area contributed by atoms with Gasteiger partial charge in [-0.2, -0.15) is 0 Å². The summed E-state index contributed by atoms with van der Waals surface area (Å²) in [5, 5.41) is 0. The van der Waals surface area contributed by atoms with Gasteiger partial charge in [-0.1, -0.05) is 12.1 Å². The lowest BCUT2D eigenvalue weighted by Gasteiger charge is -2.15. The third kappa shape index (κ3) is 5.14. The van der Waals surface area contributed by atoms with E-state index < -0.39 is 33.1 Å². The zero-order valence-corrected chi connectivity index (χ0v) is 13.8. The molecule has 1 aromatic heterocycles. The van der Waals surface area contributed by atoms with E-state index in [0.29, 0.717) is 5.56 Å². The highest BCUT2D eigenvalue weighted by Crippen LogP contribution is 2.14. The molecule has 0 amide bonds. The molecule has 1 unspecified atom stereocenters. The second-order valence-corrected chi connectivity index (χ2v) is 7.24. The molecule has 1 atom stereocenters. The van der Waals surface area contributed by atoms with Gasteiger partial charge < -0.3 is 4.57 Å². The van der Waals surface area contributed by atoms with Crippen LogP contribution < -0.4 is 16.0 Å². The first-order valence-corrected chi connectivity index (χ1v) is 8.97. The van der Waals surface area contributed by atoms with Crippen molar-refractivity contribution in [2.75, 3.05) is 5.75 Å². The van der Waals surface area contributed by atoms with Gasteiger partial charge in [0.1, 0.15) is 5.82 Å². The number of sulfonamides is 1. The number of benzene rings is 1. The predicted octanol–water partition coefficient (Wildman–Crippen LogP) is 0.746. The Kier molecular flexibility index (Phi) is 5.68. The first kappa shape index (κ1) is 18.1. The Balaban J connectivity index is 1.93. The number of hydrogen-bond donors (Lipinski definition) is 2. The molecular formula is C15H18FN3O4S. The van der Waals surface area contributed by atoms with Crippen molar-refractivity contribution < 1.29 is 12.8 Å². The molecule has 9 heteroatoms. The van der Waals surface area contributed by atoms with Gasteiger partial charge in [-0.05, 0) is 31.0 Å². The van der Waals surface area contributed by atoms with Crippen molar-refractivity contribution in [3.8, 4) is 0 Å². The van der Waals surface area contributed by atoms with Gasteiger partial charge in [-0.15, -0.1) is 0 Å². The fraction of sp³-hybridized carbons (Fsp3) is 0.333. The number of rotatable bonds is 7. The van der Waals surface area contributed by atoms with Gasteiger partial charge in [-0.25, -0.2) is 22.3 Å². The lowest BCUT2D eigenvalue weighted by molar-refractivity contribution is 0.554. The molecule has 0 radical (unpaired) electrons. The Morgan fingerprint density at radius 3 is 2.71 bits per heavy atom. The van der Waals surface area contributed by atoms with Gasteiger partial charge in [-0.3, -0.25) is 9.78 Å². The average molecular weight is 355 g/mol. The fourth-order valence-corrected chi connectivity index (χ4v) is 3.52. The zero-order valence-electron chi connectivity index (χ0n) is 13.0. The van der Waals surface area contributed by atoms with E-state index in [2.05, 4.69) is 9.71 Å². The van der Waals surface area contributed by atoms with Gasteiger partial charge in [0.2, 0.25) is 10.0 Å². The largest absolute Gasteiger partial charge is 0.328 e. The zero-order chi connectivity index (χ0) is 17.7. The quantitative estimate of drug-likeness (QED) is 0.765. The summed E-state index contributed by atoms with van der Waals surface area (Å²) >= 11 is 0. The van der Waals surface area contributed by atoms with Crippen molar-refractivity contribution in [2.45, 2.75) is 25.9 Å². The molecule has 130 valence electrons. The van der Waals surface area contributed by atoms with Crippen LogP contribution in [0.25, 0.3) is 0 Å². The summed E-state index contributed by atoms with van der Waals surface area (Å²) in [4.78, 5) is 24.5. The van der Waals surface area contributed by atoms with E-state index >= 15 is 0 Å². The van der Waals surface area contributed by atoms with Crippen molar-refractivity contribution in [1.82, 2.24) is 14.3 Å². The summed E-state index contributed by atoms with van der Waals surface area (Å²) in [6.45, 7) is 1.78.